The topological polar surface area (TPSA) is 48.3 Å². The lowest BCUT2D eigenvalue weighted by Gasteiger charge is -2.14. The number of ketones is 1. The van der Waals surface area contributed by atoms with Gasteiger partial charge in [-0.15, -0.1) is 11.3 Å². The minimum absolute atomic E-state index is 0.164. The lowest BCUT2D eigenvalue weighted by molar-refractivity contribution is 0.0513. The first-order valence-electron chi connectivity index (χ1n) is 5.53. The van der Waals surface area contributed by atoms with Gasteiger partial charge in [-0.1, -0.05) is 0 Å². The summed E-state index contributed by atoms with van der Waals surface area (Å²) in [4.78, 5) is 23.5. The Kier molecular flexibility index (Phi) is 2.29. The molecule has 0 N–H and O–H groups in total. The van der Waals surface area contributed by atoms with Gasteiger partial charge in [0.15, 0.2) is 5.78 Å². The van der Waals surface area contributed by atoms with Crippen LogP contribution in [0.3, 0.4) is 0 Å². The number of esters is 1. The number of thiophene rings is 1. The van der Waals surface area contributed by atoms with Gasteiger partial charge in [0.2, 0.25) is 0 Å². The molecule has 4 nitrogen and oxygen atoms in total. The average Bonchev–Trinajstić information content (AvgIpc) is 2.86. The molecule has 0 atom stereocenters. The van der Waals surface area contributed by atoms with Crippen LogP contribution in [0.15, 0.2) is 11.4 Å². The Morgan fingerprint density at radius 2 is 2.41 bits per heavy atom. The fraction of sp³-hybridized carbons (Fsp3) is 0.333. The number of aryl methyl sites for hydroxylation is 1. The van der Waals surface area contributed by atoms with Crippen molar-refractivity contribution in [3.05, 3.63) is 22.7 Å². The number of nitrogens with zero attached hydrogens (tertiary/aromatic N) is 1. The molecule has 3 heterocycles. The van der Waals surface area contributed by atoms with Crippen molar-refractivity contribution in [3.63, 3.8) is 0 Å². The lowest BCUT2D eigenvalue weighted by Crippen LogP contribution is -2.18. The zero-order valence-corrected chi connectivity index (χ0v) is 10.2. The first kappa shape index (κ1) is 10.5. The van der Waals surface area contributed by atoms with Gasteiger partial charge in [0.25, 0.3) is 0 Å². The molecule has 0 aliphatic carbocycles. The third-order valence-corrected chi connectivity index (χ3v) is 3.89. The smallest absolute Gasteiger partial charge is 0.355 e. The van der Waals surface area contributed by atoms with Gasteiger partial charge in [0.05, 0.1) is 22.4 Å². The van der Waals surface area contributed by atoms with Crippen LogP contribution < -0.4 is 0 Å². The SMILES string of the molecule is CCOC(=O)c1cc2scc3c2n1CCC3=O. The summed E-state index contributed by atoms with van der Waals surface area (Å²) >= 11 is 1.50. The molecule has 0 saturated carbocycles. The largest absolute Gasteiger partial charge is 0.461 e. The van der Waals surface area contributed by atoms with Crippen LogP contribution in [0.2, 0.25) is 0 Å². The standard InChI is InChI=1S/C12H11NO3S/c1-2-16-12(15)8-5-10-11-7(6-17-10)9(14)3-4-13(8)11/h5-6H,2-4H2,1H3. The Hall–Kier alpha value is -1.62. The molecular formula is C12H11NO3S. The number of aromatic nitrogens is 1. The van der Waals surface area contributed by atoms with Gasteiger partial charge in [0.1, 0.15) is 5.69 Å². The second-order valence-corrected chi connectivity index (χ2v) is 4.85. The van der Waals surface area contributed by atoms with Crippen molar-refractivity contribution in [1.82, 2.24) is 4.57 Å². The summed E-state index contributed by atoms with van der Waals surface area (Å²) < 4.78 is 7.91. The normalized spacial score (nSPS) is 14.3. The van der Waals surface area contributed by atoms with Crippen molar-refractivity contribution in [2.45, 2.75) is 19.9 Å². The number of hydrogen-bond acceptors (Lipinski definition) is 4. The van der Waals surface area contributed by atoms with Crippen molar-refractivity contribution in [2.24, 2.45) is 0 Å². The summed E-state index contributed by atoms with van der Waals surface area (Å²) in [5.74, 6) is -0.145. The second kappa shape index (κ2) is 3.70. The summed E-state index contributed by atoms with van der Waals surface area (Å²) in [7, 11) is 0. The summed E-state index contributed by atoms with van der Waals surface area (Å²) in [6.45, 7) is 2.72. The van der Waals surface area contributed by atoms with Crippen LogP contribution in [0.25, 0.3) is 10.2 Å². The molecule has 0 radical (unpaired) electrons. The molecule has 0 aromatic carbocycles. The Bertz CT molecular complexity index is 623. The van der Waals surface area contributed by atoms with Crippen molar-refractivity contribution >= 4 is 33.3 Å². The predicted octanol–water partition coefficient (Wildman–Crippen LogP) is 2.47. The number of Topliss-reactive ketones (excluding diaryl/α,β-unsaturated/α-hetero) is 1. The van der Waals surface area contributed by atoms with E-state index in [1.165, 1.54) is 11.3 Å². The fourth-order valence-corrected chi connectivity index (χ4v) is 3.22. The molecule has 0 amide bonds. The van der Waals surface area contributed by atoms with Gasteiger partial charge in [-0.2, -0.15) is 0 Å². The molecule has 0 fully saturated rings. The van der Waals surface area contributed by atoms with E-state index < -0.39 is 0 Å². The van der Waals surface area contributed by atoms with Gasteiger partial charge in [-0.3, -0.25) is 4.79 Å². The monoisotopic (exact) mass is 249 g/mol. The maximum absolute atomic E-state index is 11.8. The minimum atomic E-state index is -0.309. The molecule has 2 aromatic heterocycles. The summed E-state index contributed by atoms with van der Waals surface area (Å²) in [6, 6.07) is 1.82. The number of carbonyl (C=O) groups is 2. The maximum Gasteiger partial charge on any atom is 0.355 e. The van der Waals surface area contributed by atoms with Gasteiger partial charge in [0, 0.05) is 18.3 Å². The van der Waals surface area contributed by atoms with Crippen LogP contribution in [-0.2, 0) is 11.3 Å². The number of carbonyl (C=O) groups excluding carboxylic acids is 2. The highest BCUT2D eigenvalue weighted by atomic mass is 32.1. The van der Waals surface area contributed by atoms with Crippen LogP contribution >= 0.6 is 11.3 Å². The first-order chi connectivity index (χ1) is 8.22. The average molecular weight is 249 g/mol. The van der Waals surface area contributed by atoms with E-state index in [0.29, 0.717) is 25.3 Å². The van der Waals surface area contributed by atoms with E-state index in [2.05, 4.69) is 0 Å². The molecule has 88 valence electrons. The molecule has 1 aliphatic heterocycles. The quantitative estimate of drug-likeness (QED) is 0.768. The Balaban J connectivity index is 2.20. The maximum atomic E-state index is 11.8. The van der Waals surface area contributed by atoms with E-state index in [1.807, 2.05) is 16.0 Å². The van der Waals surface area contributed by atoms with Crippen molar-refractivity contribution in [3.8, 4) is 0 Å². The van der Waals surface area contributed by atoms with Gasteiger partial charge in [-0.05, 0) is 13.0 Å². The summed E-state index contributed by atoms with van der Waals surface area (Å²) in [6.07, 6.45) is 0.458. The van der Waals surface area contributed by atoms with Crippen molar-refractivity contribution in [2.75, 3.05) is 6.61 Å². The molecule has 3 rings (SSSR count). The summed E-state index contributed by atoms with van der Waals surface area (Å²) in [5.41, 5.74) is 2.20. The van der Waals surface area contributed by atoms with E-state index in [9.17, 15) is 9.59 Å². The van der Waals surface area contributed by atoms with Crippen LogP contribution in [0.4, 0.5) is 0 Å². The van der Waals surface area contributed by atoms with Crippen molar-refractivity contribution in [1.29, 1.82) is 0 Å². The zero-order valence-electron chi connectivity index (χ0n) is 9.36. The van der Waals surface area contributed by atoms with Gasteiger partial charge in [-0.25, -0.2) is 4.79 Å². The molecule has 17 heavy (non-hydrogen) atoms. The fourth-order valence-electron chi connectivity index (χ4n) is 2.22. The highest BCUT2D eigenvalue weighted by Crippen LogP contribution is 2.33. The van der Waals surface area contributed by atoms with E-state index in [4.69, 9.17) is 4.74 Å². The molecule has 0 bridgehead atoms. The Morgan fingerprint density at radius 3 is 3.18 bits per heavy atom. The Morgan fingerprint density at radius 1 is 1.59 bits per heavy atom. The minimum Gasteiger partial charge on any atom is -0.461 e. The molecule has 2 aromatic rings. The Labute approximate surface area is 102 Å². The van der Waals surface area contributed by atoms with E-state index in [-0.39, 0.29) is 11.8 Å². The molecule has 1 aliphatic rings. The van der Waals surface area contributed by atoms with Crippen LogP contribution in [0.5, 0.6) is 0 Å². The predicted molar refractivity (Wildman–Crippen MR) is 64.7 cm³/mol. The van der Waals surface area contributed by atoms with E-state index in [1.54, 1.807) is 6.92 Å². The number of hydrogen-bond donors (Lipinski definition) is 0. The van der Waals surface area contributed by atoms with Crippen LogP contribution in [0.1, 0.15) is 34.2 Å². The van der Waals surface area contributed by atoms with E-state index >= 15 is 0 Å². The lowest BCUT2D eigenvalue weighted by atomic mass is 10.1. The van der Waals surface area contributed by atoms with Crippen LogP contribution in [0, 0.1) is 0 Å². The highest BCUT2D eigenvalue weighted by molar-refractivity contribution is 7.17. The first-order valence-corrected chi connectivity index (χ1v) is 6.41. The molecule has 5 heteroatoms. The third kappa shape index (κ3) is 1.42. The van der Waals surface area contributed by atoms with Gasteiger partial charge < -0.3 is 9.30 Å². The molecule has 0 saturated heterocycles. The summed E-state index contributed by atoms with van der Waals surface area (Å²) in [5, 5.41) is 1.87. The highest BCUT2D eigenvalue weighted by Gasteiger charge is 2.26. The molecule has 0 unspecified atom stereocenters. The third-order valence-electron chi connectivity index (χ3n) is 2.97. The molecular weight excluding hydrogens is 238 g/mol. The number of rotatable bonds is 2. The number of ether oxygens (including phenoxy) is 1. The zero-order chi connectivity index (χ0) is 12.0. The second-order valence-electron chi connectivity index (χ2n) is 3.94. The van der Waals surface area contributed by atoms with Crippen molar-refractivity contribution < 1.29 is 14.3 Å². The van der Waals surface area contributed by atoms with Crippen LogP contribution in [-0.4, -0.2) is 22.9 Å². The van der Waals surface area contributed by atoms with Gasteiger partial charge >= 0.3 is 5.97 Å². The molecule has 0 spiro atoms. The van der Waals surface area contributed by atoms with E-state index in [0.717, 1.165) is 15.8 Å².